The summed E-state index contributed by atoms with van der Waals surface area (Å²) in [4.78, 5) is 28.8. The van der Waals surface area contributed by atoms with E-state index >= 15 is 0 Å². The number of hydrogen-bond acceptors (Lipinski definition) is 5. The number of carboxylic acid groups (broad SMARTS) is 1. The Bertz CT molecular complexity index is 1510. The van der Waals surface area contributed by atoms with E-state index in [2.05, 4.69) is 10.3 Å². The SMILES string of the molecule is CC(C)=CCS(=O)c1ccc2cc(Oc3ccc(CC(=O)Nc4ccccc4C(=O)O)cn3)ccc2c1. The number of nitrogens with zero attached hydrogens (tertiary/aromatic N) is 1. The highest BCUT2D eigenvalue weighted by Gasteiger charge is 2.12. The number of aromatic carboxylic acids is 1. The molecule has 3 aromatic carbocycles. The van der Waals surface area contributed by atoms with Gasteiger partial charge in [0.15, 0.2) is 0 Å². The number of hydrogen-bond donors (Lipinski definition) is 2. The number of benzene rings is 3. The molecule has 7 nitrogen and oxygen atoms in total. The lowest BCUT2D eigenvalue weighted by Crippen LogP contribution is -2.16. The molecule has 0 radical (unpaired) electrons. The van der Waals surface area contributed by atoms with Gasteiger partial charge in [-0.25, -0.2) is 9.78 Å². The summed E-state index contributed by atoms with van der Waals surface area (Å²) >= 11 is 0. The van der Waals surface area contributed by atoms with Gasteiger partial charge >= 0.3 is 5.97 Å². The summed E-state index contributed by atoms with van der Waals surface area (Å²) in [6, 6.07) is 21.0. The van der Waals surface area contributed by atoms with Gasteiger partial charge in [0, 0.05) is 22.9 Å². The molecule has 37 heavy (non-hydrogen) atoms. The molecule has 0 fully saturated rings. The van der Waals surface area contributed by atoms with E-state index in [0.29, 0.717) is 22.9 Å². The molecule has 0 bridgehead atoms. The molecular weight excluding hydrogens is 488 g/mol. The average Bonchev–Trinajstić information content (AvgIpc) is 2.88. The van der Waals surface area contributed by atoms with Gasteiger partial charge in [-0.2, -0.15) is 0 Å². The molecule has 1 heterocycles. The molecule has 1 atom stereocenters. The fourth-order valence-corrected chi connectivity index (χ4v) is 4.76. The Labute approximate surface area is 217 Å². The Balaban J connectivity index is 1.39. The van der Waals surface area contributed by atoms with Gasteiger partial charge < -0.3 is 15.2 Å². The van der Waals surface area contributed by atoms with Crippen LogP contribution in [0.15, 0.2) is 95.5 Å². The number of carbonyl (C=O) groups is 2. The van der Waals surface area contributed by atoms with Gasteiger partial charge in [-0.05, 0) is 66.6 Å². The second-order valence-corrected chi connectivity index (χ2v) is 10.1. The van der Waals surface area contributed by atoms with E-state index in [1.165, 1.54) is 6.07 Å². The molecule has 4 aromatic rings. The van der Waals surface area contributed by atoms with Gasteiger partial charge in [0.05, 0.1) is 28.5 Å². The van der Waals surface area contributed by atoms with Gasteiger partial charge in [-0.1, -0.05) is 42.0 Å². The second kappa shape index (κ2) is 11.6. The molecule has 8 heteroatoms. The third-order valence-corrected chi connectivity index (χ3v) is 6.75. The predicted molar refractivity (Wildman–Crippen MR) is 145 cm³/mol. The first-order valence-corrected chi connectivity index (χ1v) is 12.9. The Morgan fingerprint density at radius 3 is 2.49 bits per heavy atom. The Morgan fingerprint density at radius 1 is 1.00 bits per heavy atom. The number of nitrogens with one attached hydrogen (secondary N) is 1. The average molecular weight is 515 g/mol. The van der Waals surface area contributed by atoms with Crippen molar-refractivity contribution in [1.82, 2.24) is 4.98 Å². The molecule has 0 aliphatic rings. The van der Waals surface area contributed by atoms with Crippen LogP contribution in [-0.4, -0.2) is 31.9 Å². The summed E-state index contributed by atoms with van der Waals surface area (Å²) in [6.07, 6.45) is 3.56. The van der Waals surface area contributed by atoms with Gasteiger partial charge in [0.1, 0.15) is 5.75 Å². The van der Waals surface area contributed by atoms with E-state index in [1.807, 2.05) is 56.3 Å². The maximum Gasteiger partial charge on any atom is 0.337 e. The van der Waals surface area contributed by atoms with Crippen molar-refractivity contribution in [3.8, 4) is 11.6 Å². The molecule has 1 unspecified atom stereocenters. The van der Waals surface area contributed by atoms with Crippen LogP contribution in [0.3, 0.4) is 0 Å². The maximum atomic E-state index is 12.5. The number of ether oxygens (including phenoxy) is 1. The van der Waals surface area contributed by atoms with Gasteiger partial charge in [-0.15, -0.1) is 0 Å². The number of allylic oxidation sites excluding steroid dienone is 1. The monoisotopic (exact) mass is 514 g/mol. The van der Waals surface area contributed by atoms with Crippen LogP contribution >= 0.6 is 0 Å². The van der Waals surface area contributed by atoms with E-state index in [4.69, 9.17) is 4.74 Å². The van der Waals surface area contributed by atoms with Gasteiger partial charge in [0.25, 0.3) is 0 Å². The second-order valence-electron chi connectivity index (χ2n) is 8.65. The molecule has 0 saturated carbocycles. The number of anilines is 1. The van der Waals surface area contributed by atoms with Crippen molar-refractivity contribution in [3.05, 3.63) is 102 Å². The largest absolute Gasteiger partial charge is 0.478 e. The number of carboxylic acids is 1. The highest BCUT2D eigenvalue weighted by molar-refractivity contribution is 7.85. The summed E-state index contributed by atoms with van der Waals surface area (Å²) in [5.74, 6) is 0.0180. The van der Waals surface area contributed by atoms with Crippen LogP contribution in [0, 0.1) is 0 Å². The number of para-hydroxylation sites is 1. The standard InChI is InChI=1S/C29H26N2O5S/c1-19(2)13-14-37(35)24-11-9-21-16-23(10-8-22(21)17-24)36-28-12-7-20(18-30-28)15-27(32)31-26-6-4-3-5-25(26)29(33)34/h3-13,16-18H,14-15H2,1-2H3,(H,31,32)(H,33,34). The third kappa shape index (κ3) is 6.89. The third-order valence-electron chi connectivity index (χ3n) is 5.51. The van der Waals surface area contributed by atoms with Crippen LogP contribution in [0.25, 0.3) is 10.8 Å². The van der Waals surface area contributed by atoms with Gasteiger partial charge in [0.2, 0.25) is 11.8 Å². The van der Waals surface area contributed by atoms with Gasteiger partial charge in [-0.3, -0.25) is 9.00 Å². The van der Waals surface area contributed by atoms with E-state index < -0.39 is 16.8 Å². The van der Waals surface area contributed by atoms with Crippen molar-refractivity contribution >= 4 is 39.1 Å². The molecular formula is C29H26N2O5S. The Hall–Kier alpha value is -4.30. The van der Waals surface area contributed by atoms with Crippen LogP contribution in [-0.2, 0) is 22.0 Å². The van der Waals surface area contributed by atoms with Crippen molar-refractivity contribution in [1.29, 1.82) is 0 Å². The minimum atomic E-state index is -1.11. The van der Waals surface area contributed by atoms with Crippen molar-refractivity contribution in [2.24, 2.45) is 0 Å². The van der Waals surface area contributed by atoms with Crippen molar-refractivity contribution in [3.63, 3.8) is 0 Å². The first-order valence-electron chi connectivity index (χ1n) is 11.6. The fraction of sp³-hybridized carbons (Fsp3) is 0.138. The van der Waals surface area contributed by atoms with Crippen LogP contribution in [0.1, 0.15) is 29.8 Å². The lowest BCUT2D eigenvalue weighted by molar-refractivity contribution is -0.115. The topological polar surface area (TPSA) is 106 Å². The minimum absolute atomic E-state index is 0.0290. The molecule has 1 amide bonds. The number of carbonyl (C=O) groups excluding carboxylic acids is 1. The molecule has 0 aliphatic heterocycles. The molecule has 4 rings (SSSR count). The van der Waals surface area contributed by atoms with Crippen molar-refractivity contribution in [2.45, 2.75) is 25.2 Å². The number of rotatable bonds is 9. The van der Waals surface area contributed by atoms with E-state index in [0.717, 1.165) is 21.2 Å². The summed E-state index contributed by atoms with van der Waals surface area (Å²) in [6.45, 7) is 3.98. The summed E-state index contributed by atoms with van der Waals surface area (Å²) in [7, 11) is -1.09. The van der Waals surface area contributed by atoms with Crippen LogP contribution < -0.4 is 10.1 Å². The predicted octanol–water partition coefficient (Wildman–Crippen LogP) is 5.98. The van der Waals surface area contributed by atoms with Crippen LogP contribution in [0.5, 0.6) is 11.6 Å². The Kier molecular flexibility index (Phi) is 8.10. The highest BCUT2D eigenvalue weighted by Crippen LogP contribution is 2.26. The highest BCUT2D eigenvalue weighted by atomic mass is 32.2. The minimum Gasteiger partial charge on any atom is -0.478 e. The smallest absolute Gasteiger partial charge is 0.337 e. The number of amides is 1. The molecule has 0 aliphatic carbocycles. The van der Waals surface area contributed by atoms with Crippen molar-refractivity contribution < 1.29 is 23.6 Å². The first-order chi connectivity index (χ1) is 17.8. The number of fused-ring (bicyclic) bond motifs is 1. The zero-order valence-electron chi connectivity index (χ0n) is 20.4. The van der Waals surface area contributed by atoms with Crippen LogP contribution in [0.4, 0.5) is 5.69 Å². The van der Waals surface area contributed by atoms with Crippen molar-refractivity contribution in [2.75, 3.05) is 11.1 Å². The normalized spacial score (nSPS) is 11.5. The van der Waals surface area contributed by atoms with E-state index in [-0.39, 0.29) is 23.6 Å². The summed E-state index contributed by atoms with van der Waals surface area (Å²) in [5.41, 5.74) is 2.07. The molecule has 1 aromatic heterocycles. The molecule has 0 spiro atoms. The quantitative estimate of drug-likeness (QED) is 0.266. The Morgan fingerprint density at radius 2 is 1.76 bits per heavy atom. The summed E-state index contributed by atoms with van der Waals surface area (Å²) < 4.78 is 18.4. The zero-order chi connectivity index (χ0) is 26.4. The van der Waals surface area contributed by atoms with Crippen LogP contribution in [0.2, 0.25) is 0 Å². The number of aromatic nitrogens is 1. The molecule has 188 valence electrons. The maximum absolute atomic E-state index is 12.5. The summed E-state index contributed by atoms with van der Waals surface area (Å²) in [5, 5.41) is 13.8. The lowest BCUT2D eigenvalue weighted by Gasteiger charge is -2.09. The van der Waals surface area contributed by atoms with E-state index in [1.54, 1.807) is 36.5 Å². The first kappa shape index (κ1) is 25.8. The molecule has 0 saturated heterocycles. The number of pyridine rings is 1. The fourth-order valence-electron chi connectivity index (χ4n) is 3.60. The lowest BCUT2D eigenvalue weighted by atomic mass is 10.1. The molecule has 2 N–H and O–H groups in total. The van der Waals surface area contributed by atoms with E-state index in [9.17, 15) is 18.9 Å². The zero-order valence-corrected chi connectivity index (χ0v) is 21.2.